The van der Waals surface area contributed by atoms with Crippen molar-refractivity contribution in [2.45, 2.75) is 18.9 Å². The first-order chi connectivity index (χ1) is 12.0. The van der Waals surface area contributed by atoms with E-state index in [1.807, 2.05) is 30.3 Å². The fraction of sp³-hybridized carbons (Fsp3) is 0.278. The van der Waals surface area contributed by atoms with Crippen molar-refractivity contribution in [2.75, 3.05) is 13.6 Å². The number of carboxylic acids is 1. The molecule has 1 heterocycles. The van der Waals surface area contributed by atoms with Crippen LogP contribution in [0.4, 0.5) is 0 Å². The van der Waals surface area contributed by atoms with Crippen molar-refractivity contribution in [3.8, 4) is 0 Å². The van der Waals surface area contributed by atoms with Crippen LogP contribution in [0, 0.1) is 0 Å². The van der Waals surface area contributed by atoms with E-state index in [2.05, 4.69) is 5.32 Å². The van der Waals surface area contributed by atoms with Crippen molar-refractivity contribution >= 4 is 29.1 Å². The fourth-order valence-corrected chi connectivity index (χ4v) is 2.95. The zero-order valence-electron chi connectivity index (χ0n) is 13.8. The largest absolute Gasteiger partial charge is 0.481 e. The van der Waals surface area contributed by atoms with Crippen molar-refractivity contribution in [1.82, 2.24) is 10.2 Å². The van der Waals surface area contributed by atoms with E-state index in [1.54, 1.807) is 24.6 Å². The van der Waals surface area contributed by atoms with Gasteiger partial charge in [0.2, 0.25) is 5.91 Å². The van der Waals surface area contributed by atoms with Gasteiger partial charge in [0, 0.05) is 20.0 Å². The smallest absolute Gasteiger partial charge is 0.305 e. The number of hydrogen-bond acceptors (Lipinski definition) is 4. The van der Waals surface area contributed by atoms with E-state index in [0.29, 0.717) is 11.3 Å². The van der Waals surface area contributed by atoms with Gasteiger partial charge < -0.3 is 15.3 Å². The number of thiophene rings is 1. The Labute approximate surface area is 150 Å². The van der Waals surface area contributed by atoms with Crippen LogP contribution in [-0.4, -0.2) is 47.4 Å². The van der Waals surface area contributed by atoms with Crippen LogP contribution in [0.2, 0.25) is 0 Å². The number of rotatable bonds is 8. The maximum atomic E-state index is 12.7. The van der Waals surface area contributed by atoms with Gasteiger partial charge in [-0.2, -0.15) is 0 Å². The zero-order chi connectivity index (χ0) is 18.2. The summed E-state index contributed by atoms with van der Waals surface area (Å²) < 4.78 is 0. The first kappa shape index (κ1) is 18.7. The minimum Gasteiger partial charge on any atom is -0.481 e. The second-order valence-electron chi connectivity index (χ2n) is 5.60. The fourth-order valence-electron chi connectivity index (χ4n) is 2.33. The number of carbonyl (C=O) groups excluding carboxylic acids is 2. The number of carbonyl (C=O) groups is 3. The lowest BCUT2D eigenvalue weighted by Gasteiger charge is -2.24. The molecular formula is C18H20N2O4S. The molecule has 0 aliphatic rings. The molecule has 1 aromatic heterocycles. The van der Waals surface area contributed by atoms with Gasteiger partial charge in [0.25, 0.3) is 5.91 Å². The summed E-state index contributed by atoms with van der Waals surface area (Å²) >= 11 is 1.30. The molecule has 2 N–H and O–H groups in total. The molecule has 1 unspecified atom stereocenters. The molecule has 0 saturated heterocycles. The molecule has 2 aromatic rings. The molecule has 6 nitrogen and oxygen atoms in total. The van der Waals surface area contributed by atoms with Gasteiger partial charge in [-0.25, -0.2) is 0 Å². The molecule has 0 radical (unpaired) electrons. The van der Waals surface area contributed by atoms with E-state index >= 15 is 0 Å². The third-order valence-electron chi connectivity index (χ3n) is 3.67. The van der Waals surface area contributed by atoms with Crippen molar-refractivity contribution < 1.29 is 19.5 Å². The summed E-state index contributed by atoms with van der Waals surface area (Å²) in [5.74, 6) is -1.59. The van der Waals surface area contributed by atoms with Gasteiger partial charge in [-0.05, 0) is 17.0 Å². The van der Waals surface area contributed by atoms with Gasteiger partial charge in [-0.3, -0.25) is 14.4 Å². The number of aliphatic carboxylic acids is 1. The Morgan fingerprint density at radius 2 is 1.88 bits per heavy atom. The second kappa shape index (κ2) is 8.98. The summed E-state index contributed by atoms with van der Waals surface area (Å²) in [6.45, 7) is 0.0916. The molecule has 1 aromatic carbocycles. The Bertz CT molecular complexity index is 716. The highest BCUT2D eigenvalue weighted by Gasteiger charge is 2.25. The molecule has 132 valence electrons. The summed E-state index contributed by atoms with van der Waals surface area (Å²) in [5, 5.41) is 13.3. The van der Waals surface area contributed by atoms with Crippen LogP contribution in [0.5, 0.6) is 0 Å². The Morgan fingerprint density at radius 1 is 1.16 bits per heavy atom. The summed E-state index contributed by atoms with van der Waals surface area (Å²) in [4.78, 5) is 37.6. The molecular weight excluding hydrogens is 340 g/mol. The topological polar surface area (TPSA) is 86.7 Å². The highest BCUT2D eigenvalue weighted by atomic mass is 32.1. The standard InChI is InChI=1S/C18H20N2O4S/c1-20(10-9-16(21)22)18(24)14(12-13-6-3-2-4-7-13)19-17(23)15-8-5-11-25-15/h2-8,11,14H,9-10,12H2,1H3,(H,19,23)(H,21,22). The number of nitrogens with one attached hydrogen (secondary N) is 1. The first-order valence-electron chi connectivity index (χ1n) is 7.82. The lowest BCUT2D eigenvalue weighted by atomic mass is 10.0. The van der Waals surface area contributed by atoms with Crippen LogP contribution in [0.15, 0.2) is 47.8 Å². The average Bonchev–Trinajstić information content (AvgIpc) is 3.14. The number of amides is 2. The quantitative estimate of drug-likeness (QED) is 0.754. The molecule has 1 atom stereocenters. The second-order valence-corrected chi connectivity index (χ2v) is 6.54. The van der Waals surface area contributed by atoms with Gasteiger partial charge in [0.05, 0.1) is 11.3 Å². The number of carboxylic acid groups (broad SMARTS) is 1. The highest BCUT2D eigenvalue weighted by Crippen LogP contribution is 2.11. The molecule has 2 rings (SSSR count). The lowest BCUT2D eigenvalue weighted by molar-refractivity contribution is -0.138. The predicted molar refractivity (Wildman–Crippen MR) is 95.6 cm³/mol. The van der Waals surface area contributed by atoms with E-state index in [1.165, 1.54) is 16.2 Å². The van der Waals surface area contributed by atoms with Gasteiger partial charge >= 0.3 is 5.97 Å². The minimum absolute atomic E-state index is 0.0916. The summed E-state index contributed by atoms with van der Waals surface area (Å²) in [6.07, 6.45) is 0.202. The van der Waals surface area contributed by atoms with Crippen molar-refractivity contribution in [3.05, 3.63) is 58.3 Å². The van der Waals surface area contributed by atoms with Crippen molar-refractivity contribution in [2.24, 2.45) is 0 Å². The summed E-state index contributed by atoms with van der Waals surface area (Å²) in [6, 6.07) is 12.1. The van der Waals surface area contributed by atoms with E-state index in [4.69, 9.17) is 5.11 Å². The van der Waals surface area contributed by atoms with Crippen LogP contribution in [-0.2, 0) is 16.0 Å². The third-order valence-corrected chi connectivity index (χ3v) is 4.54. The molecule has 7 heteroatoms. The van der Waals surface area contributed by atoms with Gasteiger partial charge in [0.15, 0.2) is 0 Å². The van der Waals surface area contributed by atoms with Crippen LogP contribution in [0.25, 0.3) is 0 Å². The Kier molecular flexibility index (Phi) is 6.71. The SMILES string of the molecule is CN(CCC(=O)O)C(=O)C(Cc1ccccc1)NC(=O)c1cccs1. The maximum absolute atomic E-state index is 12.7. The number of likely N-dealkylation sites (N-methyl/N-ethyl adjacent to an activating group) is 1. The van der Waals surface area contributed by atoms with Crippen molar-refractivity contribution in [3.63, 3.8) is 0 Å². The Balaban J connectivity index is 2.11. The number of benzene rings is 1. The van der Waals surface area contributed by atoms with Gasteiger partial charge in [-0.15, -0.1) is 11.3 Å². The molecule has 25 heavy (non-hydrogen) atoms. The third kappa shape index (κ3) is 5.72. The average molecular weight is 360 g/mol. The monoisotopic (exact) mass is 360 g/mol. The first-order valence-corrected chi connectivity index (χ1v) is 8.70. The van der Waals surface area contributed by atoms with E-state index in [9.17, 15) is 14.4 Å². The highest BCUT2D eigenvalue weighted by molar-refractivity contribution is 7.12. The van der Waals surface area contributed by atoms with Gasteiger partial charge in [0.1, 0.15) is 6.04 Å². The van der Waals surface area contributed by atoms with Crippen molar-refractivity contribution in [1.29, 1.82) is 0 Å². The Morgan fingerprint density at radius 3 is 2.48 bits per heavy atom. The van der Waals surface area contributed by atoms with E-state index in [0.717, 1.165) is 5.56 Å². The molecule has 0 spiro atoms. The maximum Gasteiger partial charge on any atom is 0.305 e. The molecule has 0 aliphatic heterocycles. The van der Waals surface area contributed by atoms with E-state index < -0.39 is 12.0 Å². The molecule has 0 fully saturated rings. The lowest BCUT2D eigenvalue weighted by Crippen LogP contribution is -2.48. The molecule has 0 saturated carbocycles. The molecule has 2 amide bonds. The number of nitrogens with zero attached hydrogens (tertiary/aromatic N) is 1. The summed E-state index contributed by atoms with van der Waals surface area (Å²) in [7, 11) is 1.54. The minimum atomic E-state index is -0.970. The molecule has 0 aliphatic carbocycles. The molecule has 0 bridgehead atoms. The van der Waals surface area contributed by atoms with Crippen LogP contribution < -0.4 is 5.32 Å². The number of hydrogen-bond donors (Lipinski definition) is 2. The van der Waals surface area contributed by atoms with Crippen LogP contribution in [0.3, 0.4) is 0 Å². The van der Waals surface area contributed by atoms with E-state index in [-0.39, 0.29) is 24.8 Å². The summed E-state index contributed by atoms with van der Waals surface area (Å²) in [5.41, 5.74) is 0.916. The predicted octanol–water partition coefficient (Wildman–Crippen LogP) is 2.02. The Hall–Kier alpha value is -2.67. The normalized spacial score (nSPS) is 11.6. The zero-order valence-corrected chi connectivity index (χ0v) is 14.7. The van der Waals surface area contributed by atoms with Crippen LogP contribution >= 0.6 is 11.3 Å². The van der Waals surface area contributed by atoms with Gasteiger partial charge in [-0.1, -0.05) is 36.4 Å². The van der Waals surface area contributed by atoms with Crippen LogP contribution in [0.1, 0.15) is 21.7 Å².